The molecule has 1 aliphatic heterocycles. The largest absolute Gasteiger partial charge is 0.393 e. The molecule has 0 saturated heterocycles. The van der Waals surface area contributed by atoms with Crippen molar-refractivity contribution in [2.24, 2.45) is 0 Å². The molecule has 0 saturated carbocycles. The SMILES string of the molecule is O=C(NCc1ccccc1CC(F)(F)F)Nc1cc2n(n1)CCCC2. The zero-order valence-electron chi connectivity index (χ0n) is 13.6. The Bertz CT molecular complexity index is 731. The predicted molar refractivity (Wildman–Crippen MR) is 87.2 cm³/mol. The number of urea groups is 1. The van der Waals surface area contributed by atoms with E-state index >= 15 is 0 Å². The molecule has 8 heteroatoms. The van der Waals surface area contributed by atoms with Crippen LogP contribution in [0.15, 0.2) is 30.3 Å². The van der Waals surface area contributed by atoms with Gasteiger partial charge in [-0.05, 0) is 30.4 Å². The van der Waals surface area contributed by atoms with Gasteiger partial charge in [0.1, 0.15) is 0 Å². The van der Waals surface area contributed by atoms with Crippen molar-refractivity contribution in [3.63, 3.8) is 0 Å². The van der Waals surface area contributed by atoms with Crippen LogP contribution >= 0.6 is 0 Å². The van der Waals surface area contributed by atoms with E-state index in [9.17, 15) is 18.0 Å². The Hall–Kier alpha value is -2.51. The molecule has 2 heterocycles. The number of rotatable bonds is 4. The molecule has 2 amide bonds. The zero-order chi connectivity index (χ0) is 17.9. The number of hydrogen-bond donors (Lipinski definition) is 2. The van der Waals surface area contributed by atoms with Crippen LogP contribution < -0.4 is 10.6 Å². The maximum atomic E-state index is 12.6. The molecular formula is C17H19F3N4O. The van der Waals surface area contributed by atoms with E-state index in [1.54, 1.807) is 18.2 Å². The lowest BCUT2D eigenvalue weighted by atomic mass is 10.0. The van der Waals surface area contributed by atoms with Gasteiger partial charge in [0.15, 0.2) is 5.82 Å². The van der Waals surface area contributed by atoms with Crippen LogP contribution in [-0.4, -0.2) is 22.0 Å². The lowest BCUT2D eigenvalue weighted by Crippen LogP contribution is -2.29. The fraction of sp³-hybridized carbons (Fsp3) is 0.412. The first-order valence-electron chi connectivity index (χ1n) is 8.16. The van der Waals surface area contributed by atoms with Crippen molar-refractivity contribution in [1.82, 2.24) is 15.1 Å². The second-order valence-corrected chi connectivity index (χ2v) is 6.07. The van der Waals surface area contributed by atoms with Gasteiger partial charge in [-0.15, -0.1) is 0 Å². The molecule has 0 radical (unpaired) electrons. The quantitative estimate of drug-likeness (QED) is 0.882. The molecule has 0 bridgehead atoms. The van der Waals surface area contributed by atoms with E-state index in [0.29, 0.717) is 11.4 Å². The highest BCUT2D eigenvalue weighted by Gasteiger charge is 2.28. The summed E-state index contributed by atoms with van der Waals surface area (Å²) in [6.07, 6.45) is -2.20. The minimum atomic E-state index is -4.28. The van der Waals surface area contributed by atoms with Crippen LogP contribution in [0.5, 0.6) is 0 Å². The molecule has 1 aromatic carbocycles. The van der Waals surface area contributed by atoms with Crippen LogP contribution in [0.1, 0.15) is 29.7 Å². The van der Waals surface area contributed by atoms with E-state index in [0.717, 1.165) is 31.5 Å². The summed E-state index contributed by atoms with van der Waals surface area (Å²) in [6.45, 7) is 0.856. The Morgan fingerprint density at radius 3 is 2.68 bits per heavy atom. The Balaban J connectivity index is 1.58. The number of carbonyl (C=O) groups excluding carboxylic acids is 1. The summed E-state index contributed by atoms with van der Waals surface area (Å²) in [5, 5.41) is 9.53. The second-order valence-electron chi connectivity index (χ2n) is 6.07. The number of aryl methyl sites for hydroxylation is 2. The van der Waals surface area contributed by atoms with Crippen LogP contribution in [0, 0.1) is 0 Å². The summed E-state index contributed by atoms with van der Waals surface area (Å²) < 4.78 is 39.7. The van der Waals surface area contributed by atoms with Gasteiger partial charge in [-0.25, -0.2) is 4.79 Å². The highest BCUT2D eigenvalue weighted by Crippen LogP contribution is 2.23. The number of fused-ring (bicyclic) bond motifs is 1. The van der Waals surface area contributed by atoms with E-state index < -0.39 is 18.6 Å². The van der Waals surface area contributed by atoms with Crippen molar-refractivity contribution in [2.45, 2.75) is 44.9 Å². The van der Waals surface area contributed by atoms with Crippen molar-refractivity contribution in [1.29, 1.82) is 0 Å². The average Bonchev–Trinajstić information content (AvgIpc) is 2.94. The summed E-state index contributed by atoms with van der Waals surface area (Å²) in [7, 11) is 0. The number of hydrogen-bond acceptors (Lipinski definition) is 2. The number of nitrogens with one attached hydrogen (secondary N) is 2. The van der Waals surface area contributed by atoms with Crippen LogP contribution in [0.4, 0.5) is 23.8 Å². The molecule has 0 aliphatic carbocycles. The highest BCUT2D eigenvalue weighted by molar-refractivity contribution is 5.88. The van der Waals surface area contributed by atoms with E-state index in [-0.39, 0.29) is 12.1 Å². The van der Waals surface area contributed by atoms with Gasteiger partial charge in [-0.3, -0.25) is 10.00 Å². The van der Waals surface area contributed by atoms with Gasteiger partial charge in [0.2, 0.25) is 0 Å². The second kappa shape index (κ2) is 7.16. The van der Waals surface area contributed by atoms with E-state index in [4.69, 9.17) is 0 Å². The number of benzene rings is 1. The molecule has 3 rings (SSSR count). The maximum absolute atomic E-state index is 12.6. The normalized spacial score (nSPS) is 14.0. The van der Waals surface area contributed by atoms with E-state index in [1.165, 1.54) is 6.07 Å². The van der Waals surface area contributed by atoms with E-state index in [1.807, 2.05) is 10.7 Å². The zero-order valence-corrected chi connectivity index (χ0v) is 13.6. The molecule has 134 valence electrons. The summed E-state index contributed by atoms with van der Waals surface area (Å²) >= 11 is 0. The minimum absolute atomic E-state index is 0.0195. The smallest absolute Gasteiger partial charge is 0.334 e. The molecular weight excluding hydrogens is 333 g/mol. The van der Waals surface area contributed by atoms with E-state index in [2.05, 4.69) is 15.7 Å². The van der Waals surface area contributed by atoms with Crippen molar-refractivity contribution in [3.8, 4) is 0 Å². The molecule has 25 heavy (non-hydrogen) atoms. The Morgan fingerprint density at radius 1 is 1.20 bits per heavy atom. The van der Waals surface area contributed by atoms with Crippen LogP contribution in [-0.2, 0) is 25.9 Å². The first-order chi connectivity index (χ1) is 11.9. The molecule has 2 N–H and O–H groups in total. The molecule has 0 spiro atoms. The predicted octanol–water partition coefficient (Wildman–Crippen LogP) is 3.65. The molecule has 1 aromatic heterocycles. The number of halogens is 3. The van der Waals surface area contributed by atoms with Crippen LogP contribution in [0.3, 0.4) is 0 Å². The van der Waals surface area contributed by atoms with Crippen LogP contribution in [0.25, 0.3) is 0 Å². The standard InChI is InChI=1S/C17H19F3N4O/c18-17(19,20)10-12-5-1-2-6-13(12)11-21-16(25)22-15-9-14-7-3-4-8-24(14)23-15/h1-2,5-6,9H,3-4,7-8,10-11H2,(H2,21,22,23,25). The summed E-state index contributed by atoms with van der Waals surface area (Å²) in [5.41, 5.74) is 1.68. The van der Waals surface area contributed by atoms with Gasteiger partial charge in [0.25, 0.3) is 0 Å². The average molecular weight is 352 g/mol. The maximum Gasteiger partial charge on any atom is 0.393 e. The third-order valence-electron chi connectivity index (χ3n) is 4.11. The van der Waals surface area contributed by atoms with Gasteiger partial charge in [-0.2, -0.15) is 18.3 Å². The monoisotopic (exact) mass is 352 g/mol. The number of alkyl halides is 3. The van der Waals surface area contributed by atoms with Crippen molar-refractivity contribution >= 4 is 11.8 Å². The molecule has 0 fully saturated rings. The summed E-state index contributed by atoms with van der Waals surface area (Å²) in [4.78, 5) is 12.0. The summed E-state index contributed by atoms with van der Waals surface area (Å²) in [6, 6.07) is 7.55. The molecule has 0 unspecified atom stereocenters. The number of anilines is 1. The van der Waals surface area contributed by atoms with Crippen molar-refractivity contribution < 1.29 is 18.0 Å². The molecule has 5 nitrogen and oxygen atoms in total. The topological polar surface area (TPSA) is 59.0 Å². The number of amides is 2. The first kappa shape index (κ1) is 17.3. The first-order valence-corrected chi connectivity index (χ1v) is 8.16. The fourth-order valence-corrected chi connectivity index (χ4v) is 2.93. The van der Waals surface area contributed by atoms with Crippen molar-refractivity contribution in [2.75, 3.05) is 5.32 Å². The minimum Gasteiger partial charge on any atom is -0.334 e. The number of carbonyl (C=O) groups is 1. The lowest BCUT2D eigenvalue weighted by molar-refractivity contribution is -0.127. The lowest BCUT2D eigenvalue weighted by Gasteiger charge is -2.12. The third kappa shape index (κ3) is 4.74. The van der Waals surface area contributed by atoms with Gasteiger partial charge in [0, 0.05) is 24.8 Å². The number of nitrogens with zero attached hydrogens (tertiary/aromatic N) is 2. The Morgan fingerprint density at radius 2 is 1.96 bits per heavy atom. The van der Waals surface area contributed by atoms with Gasteiger partial charge in [0.05, 0.1) is 6.42 Å². The fourth-order valence-electron chi connectivity index (χ4n) is 2.93. The Labute approximate surface area is 143 Å². The molecule has 2 aromatic rings. The highest BCUT2D eigenvalue weighted by atomic mass is 19.4. The van der Waals surface area contributed by atoms with Crippen LogP contribution in [0.2, 0.25) is 0 Å². The third-order valence-corrected chi connectivity index (χ3v) is 4.11. The number of aromatic nitrogens is 2. The van der Waals surface area contributed by atoms with Gasteiger partial charge >= 0.3 is 12.2 Å². The summed E-state index contributed by atoms with van der Waals surface area (Å²) in [5.74, 6) is 0.456. The van der Waals surface area contributed by atoms with Crippen molar-refractivity contribution in [3.05, 3.63) is 47.2 Å². The van der Waals surface area contributed by atoms with Gasteiger partial charge < -0.3 is 5.32 Å². The molecule has 0 atom stereocenters. The molecule has 1 aliphatic rings. The Kier molecular flexibility index (Phi) is 4.96. The van der Waals surface area contributed by atoms with Gasteiger partial charge in [-0.1, -0.05) is 24.3 Å².